The van der Waals surface area contributed by atoms with Crippen molar-refractivity contribution < 1.29 is 9.53 Å². The molecule has 2 N–H and O–H groups in total. The van der Waals surface area contributed by atoms with Crippen LogP contribution in [-0.4, -0.2) is 22.9 Å². The van der Waals surface area contributed by atoms with E-state index in [-0.39, 0.29) is 6.03 Å². The molecule has 2 aromatic carbocycles. The van der Waals surface area contributed by atoms with E-state index in [1.165, 1.54) is 0 Å². The summed E-state index contributed by atoms with van der Waals surface area (Å²) in [4.78, 5) is 12.0. The van der Waals surface area contributed by atoms with Gasteiger partial charge in [-0.25, -0.2) is 4.79 Å². The Kier molecular flexibility index (Phi) is 5.20. The van der Waals surface area contributed by atoms with Crippen molar-refractivity contribution in [3.63, 3.8) is 0 Å². The van der Waals surface area contributed by atoms with Gasteiger partial charge in [0.2, 0.25) is 0 Å². The molecule has 2 amide bonds. The lowest BCUT2D eigenvalue weighted by molar-refractivity contribution is 0.262. The van der Waals surface area contributed by atoms with E-state index in [0.717, 1.165) is 11.3 Å². The zero-order chi connectivity index (χ0) is 17.6. The molecule has 3 aromatic rings. The number of nitrogens with one attached hydrogen (secondary N) is 2. The molecule has 0 saturated carbocycles. The number of aromatic nitrogens is 2. The van der Waals surface area contributed by atoms with Gasteiger partial charge in [-0.2, -0.15) is 5.10 Å². The summed E-state index contributed by atoms with van der Waals surface area (Å²) in [6.07, 6.45) is 3.37. The Morgan fingerprint density at radius 3 is 2.44 bits per heavy atom. The van der Waals surface area contributed by atoms with Crippen LogP contribution in [0.1, 0.15) is 5.56 Å². The molecule has 0 aliphatic heterocycles. The Morgan fingerprint density at radius 1 is 1.08 bits per heavy atom. The molecule has 0 unspecified atom stereocenters. The number of carbonyl (C=O) groups is 1. The maximum Gasteiger partial charge on any atom is 0.323 e. The van der Waals surface area contributed by atoms with Gasteiger partial charge >= 0.3 is 6.03 Å². The number of amides is 2. The number of benzene rings is 2. The van der Waals surface area contributed by atoms with Gasteiger partial charge in [0.1, 0.15) is 5.75 Å². The first-order chi connectivity index (χ1) is 12.1. The molecule has 0 bridgehead atoms. The quantitative estimate of drug-likeness (QED) is 0.718. The van der Waals surface area contributed by atoms with Gasteiger partial charge in [-0.1, -0.05) is 23.7 Å². The van der Waals surface area contributed by atoms with Crippen LogP contribution in [0.2, 0.25) is 5.02 Å². The highest BCUT2D eigenvalue weighted by atomic mass is 35.5. The molecule has 0 aliphatic rings. The molecule has 1 aromatic heterocycles. The van der Waals surface area contributed by atoms with Crippen LogP contribution in [0, 0.1) is 0 Å². The van der Waals surface area contributed by atoms with Crippen LogP contribution < -0.4 is 15.4 Å². The molecule has 7 heteroatoms. The highest BCUT2D eigenvalue weighted by Crippen LogP contribution is 2.16. The molecule has 25 heavy (non-hydrogen) atoms. The van der Waals surface area contributed by atoms with E-state index in [0.29, 0.717) is 22.9 Å². The number of methoxy groups -OCH3 is 1. The minimum absolute atomic E-state index is 0.337. The van der Waals surface area contributed by atoms with Crippen molar-refractivity contribution in [3.8, 4) is 5.75 Å². The number of nitrogens with zero attached hydrogens (tertiary/aromatic N) is 2. The van der Waals surface area contributed by atoms with Gasteiger partial charge < -0.3 is 15.4 Å². The van der Waals surface area contributed by atoms with Crippen LogP contribution in [-0.2, 0) is 6.54 Å². The maximum absolute atomic E-state index is 12.0. The van der Waals surface area contributed by atoms with E-state index in [1.807, 2.05) is 24.3 Å². The SMILES string of the molecule is COc1ccc(NC(=O)Nc2cnn(Cc3ccc(Cl)cc3)c2)cc1. The summed E-state index contributed by atoms with van der Waals surface area (Å²) in [5, 5.41) is 10.4. The molecular weight excluding hydrogens is 340 g/mol. The van der Waals surface area contributed by atoms with E-state index in [2.05, 4.69) is 15.7 Å². The Hall–Kier alpha value is -2.99. The monoisotopic (exact) mass is 356 g/mol. The fraction of sp³-hybridized carbons (Fsp3) is 0.111. The summed E-state index contributed by atoms with van der Waals surface area (Å²) in [5.74, 6) is 0.731. The summed E-state index contributed by atoms with van der Waals surface area (Å²) in [5.41, 5.74) is 2.36. The molecule has 0 spiro atoms. The fourth-order valence-corrected chi connectivity index (χ4v) is 2.39. The lowest BCUT2D eigenvalue weighted by Gasteiger charge is -2.06. The predicted molar refractivity (Wildman–Crippen MR) is 98.4 cm³/mol. The molecular formula is C18H17ClN4O2. The van der Waals surface area contributed by atoms with Gasteiger partial charge in [-0.15, -0.1) is 0 Å². The van der Waals surface area contributed by atoms with E-state index in [4.69, 9.17) is 16.3 Å². The number of anilines is 2. The number of ether oxygens (including phenoxy) is 1. The lowest BCUT2D eigenvalue weighted by Crippen LogP contribution is -2.19. The minimum atomic E-state index is -0.337. The van der Waals surface area contributed by atoms with Crippen molar-refractivity contribution >= 4 is 29.0 Å². The van der Waals surface area contributed by atoms with Gasteiger partial charge in [0.15, 0.2) is 0 Å². The average molecular weight is 357 g/mol. The van der Waals surface area contributed by atoms with Gasteiger partial charge in [-0.3, -0.25) is 4.68 Å². The van der Waals surface area contributed by atoms with Crippen LogP contribution in [0.3, 0.4) is 0 Å². The number of rotatable bonds is 5. The van der Waals surface area contributed by atoms with Crippen molar-refractivity contribution in [1.29, 1.82) is 0 Å². The molecule has 128 valence electrons. The standard InChI is InChI=1S/C18H17ClN4O2/c1-25-17-8-6-15(7-9-17)21-18(24)22-16-10-20-23(12-16)11-13-2-4-14(19)5-3-13/h2-10,12H,11H2,1H3,(H2,21,22,24). The number of urea groups is 1. The van der Waals surface area contributed by atoms with E-state index in [9.17, 15) is 4.79 Å². The van der Waals surface area contributed by atoms with E-state index in [1.54, 1.807) is 48.5 Å². The first-order valence-electron chi connectivity index (χ1n) is 7.61. The van der Waals surface area contributed by atoms with Crippen LogP contribution in [0.5, 0.6) is 5.75 Å². The van der Waals surface area contributed by atoms with E-state index < -0.39 is 0 Å². The van der Waals surface area contributed by atoms with Crippen LogP contribution in [0.15, 0.2) is 60.9 Å². The average Bonchev–Trinajstić information content (AvgIpc) is 3.04. The summed E-state index contributed by atoms with van der Waals surface area (Å²) in [7, 11) is 1.59. The van der Waals surface area contributed by atoms with Crippen LogP contribution in [0.25, 0.3) is 0 Å². The topological polar surface area (TPSA) is 68.2 Å². The highest BCUT2D eigenvalue weighted by Gasteiger charge is 2.05. The Morgan fingerprint density at radius 2 is 1.76 bits per heavy atom. The molecule has 0 aliphatic carbocycles. The van der Waals surface area contributed by atoms with Crippen molar-refractivity contribution in [2.45, 2.75) is 6.54 Å². The summed E-state index contributed by atoms with van der Waals surface area (Å²) in [6.45, 7) is 0.596. The van der Waals surface area contributed by atoms with Crippen molar-refractivity contribution in [1.82, 2.24) is 9.78 Å². The number of hydrogen-bond donors (Lipinski definition) is 2. The van der Waals surface area contributed by atoms with Crippen molar-refractivity contribution in [2.24, 2.45) is 0 Å². The van der Waals surface area contributed by atoms with E-state index >= 15 is 0 Å². The van der Waals surface area contributed by atoms with Gasteiger partial charge in [0.25, 0.3) is 0 Å². The third-order valence-electron chi connectivity index (χ3n) is 3.50. The Labute approximate surface area is 150 Å². The molecule has 1 heterocycles. The summed E-state index contributed by atoms with van der Waals surface area (Å²) >= 11 is 5.88. The second-order valence-corrected chi connectivity index (χ2v) is 5.80. The third kappa shape index (κ3) is 4.74. The minimum Gasteiger partial charge on any atom is -0.497 e. The third-order valence-corrected chi connectivity index (χ3v) is 3.75. The largest absolute Gasteiger partial charge is 0.497 e. The summed E-state index contributed by atoms with van der Waals surface area (Å²) in [6, 6.07) is 14.3. The fourth-order valence-electron chi connectivity index (χ4n) is 2.26. The molecule has 0 radical (unpaired) electrons. The first kappa shape index (κ1) is 16.9. The zero-order valence-electron chi connectivity index (χ0n) is 13.6. The maximum atomic E-state index is 12.0. The number of hydrogen-bond acceptors (Lipinski definition) is 3. The zero-order valence-corrected chi connectivity index (χ0v) is 14.3. The van der Waals surface area contributed by atoms with Gasteiger partial charge in [0, 0.05) is 16.9 Å². The number of halogens is 1. The molecule has 0 atom stereocenters. The molecule has 6 nitrogen and oxygen atoms in total. The molecule has 0 fully saturated rings. The highest BCUT2D eigenvalue weighted by molar-refractivity contribution is 6.30. The normalized spacial score (nSPS) is 10.3. The van der Waals surface area contributed by atoms with Crippen molar-refractivity contribution in [3.05, 3.63) is 71.5 Å². The Bertz CT molecular complexity index is 844. The predicted octanol–water partition coefficient (Wildman–Crippen LogP) is 4.24. The smallest absolute Gasteiger partial charge is 0.323 e. The van der Waals surface area contributed by atoms with Gasteiger partial charge in [0.05, 0.1) is 25.5 Å². The Balaban J connectivity index is 1.56. The van der Waals surface area contributed by atoms with Gasteiger partial charge in [-0.05, 0) is 42.0 Å². The second kappa shape index (κ2) is 7.72. The summed E-state index contributed by atoms with van der Waals surface area (Å²) < 4.78 is 6.82. The number of carbonyl (C=O) groups excluding carboxylic acids is 1. The second-order valence-electron chi connectivity index (χ2n) is 5.36. The molecule has 3 rings (SSSR count). The van der Waals surface area contributed by atoms with Crippen molar-refractivity contribution in [2.75, 3.05) is 17.7 Å². The molecule has 0 saturated heterocycles. The first-order valence-corrected chi connectivity index (χ1v) is 7.99. The van der Waals surface area contributed by atoms with Crippen LogP contribution >= 0.6 is 11.6 Å². The lowest BCUT2D eigenvalue weighted by atomic mass is 10.2. The van der Waals surface area contributed by atoms with Crippen LogP contribution in [0.4, 0.5) is 16.2 Å².